The summed E-state index contributed by atoms with van der Waals surface area (Å²) in [6, 6.07) is 2.15. The minimum absolute atomic E-state index is 0.0570. The van der Waals surface area contributed by atoms with E-state index in [0.717, 1.165) is 5.69 Å². The summed E-state index contributed by atoms with van der Waals surface area (Å²) in [5, 5.41) is 3.01. The molecular weight excluding hydrogens is 198 g/mol. The summed E-state index contributed by atoms with van der Waals surface area (Å²) < 4.78 is 0. The third-order valence-corrected chi connectivity index (χ3v) is 3.59. The van der Waals surface area contributed by atoms with E-state index in [1.165, 1.54) is 22.3 Å². The van der Waals surface area contributed by atoms with E-state index in [0.29, 0.717) is 6.42 Å². The van der Waals surface area contributed by atoms with Crippen molar-refractivity contribution in [3.8, 4) is 0 Å². The number of anilines is 1. The molecule has 1 aliphatic heterocycles. The molecule has 1 N–H and O–H groups in total. The first-order valence-electron chi connectivity index (χ1n) is 5.74. The van der Waals surface area contributed by atoms with Crippen LogP contribution in [0, 0.1) is 20.8 Å². The van der Waals surface area contributed by atoms with E-state index >= 15 is 0 Å². The fourth-order valence-corrected chi connectivity index (χ4v) is 2.77. The lowest BCUT2D eigenvalue weighted by Crippen LogP contribution is -2.34. The van der Waals surface area contributed by atoms with Crippen molar-refractivity contribution >= 4 is 11.6 Å². The molecule has 0 aliphatic carbocycles. The zero-order valence-electron chi connectivity index (χ0n) is 10.7. The number of rotatable bonds is 0. The second-order valence-corrected chi connectivity index (χ2v) is 5.49. The van der Waals surface area contributed by atoms with E-state index in [-0.39, 0.29) is 11.3 Å². The smallest absolute Gasteiger partial charge is 0.225 e. The highest BCUT2D eigenvalue weighted by atomic mass is 16.1. The molecule has 1 aliphatic rings. The van der Waals surface area contributed by atoms with Gasteiger partial charge in [0.1, 0.15) is 0 Å². The van der Waals surface area contributed by atoms with Gasteiger partial charge >= 0.3 is 0 Å². The van der Waals surface area contributed by atoms with Gasteiger partial charge in [-0.15, -0.1) is 0 Å². The molecule has 1 aromatic carbocycles. The molecule has 0 spiro atoms. The molecule has 0 unspecified atom stereocenters. The first-order valence-corrected chi connectivity index (χ1v) is 5.74. The third-order valence-electron chi connectivity index (χ3n) is 3.59. The molecule has 0 radical (unpaired) electrons. The van der Waals surface area contributed by atoms with Crippen molar-refractivity contribution in [2.45, 2.75) is 46.5 Å². The Morgan fingerprint density at radius 1 is 1.19 bits per heavy atom. The number of nitrogens with one attached hydrogen (secondary N) is 1. The predicted octanol–water partition coefficient (Wildman–Crippen LogP) is 3.23. The Morgan fingerprint density at radius 3 is 2.44 bits per heavy atom. The number of carbonyl (C=O) groups excluding carboxylic acids is 1. The predicted molar refractivity (Wildman–Crippen MR) is 66.9 cm³/mol. The summed E-state index contributed by atoms with van der Waals surface area (Å²) in [5.74, 6) is 0.129. The van der Waals surface area contributed by atoms with Crippen LogP contribution in [0.4, 0.5) is 5.69 Å². The summed E-state index contributed by atoms with van der Waals surface area (Å²) in [6.07, 6.45) is 0.573. The van der Waals surface area contributed by atoms with Gasteiger partial charge in [0.05, 0.1) is 0 Å². The average molecular weight is 217 g/mol. The van der Waals surface area contributed by atoms with Crippen LogP contribution in [0.3, 0.4) is 0 Å². The zero-order valence-corrected chi connectivity index (χ0v) is 10.7. The van der Waals surface area contributed by atoms with Gasteiger partial charge in [0, 0.05) is 17.5 Å². The van der Waals surface area contributed by atoms with Gasteiger partial charge in [-0.3, -0.25) is 4.79 Å². The average Bonchev–Trinajstić information content (AvgIpc) is 2.11. The zero-order chi connectivity index (χ0) is 12.1. The first-order chi connectivity index (χ1) is 7.33. The van der Waals surface area contributed by atoms with Crippen molar-refractivity contribution in [2.24, 2.45) is 0 Å². The van der Waals surface area contributed by atoms with Crippen LogP contribution < -0.4 is 5.32 Å². The van der Waals surface area contributed by atoms with Gasteiger partial charge in [-0.25, -0.2) is 0 Å². The Labute approximate surface area is 97.1 Å². The third kappa shape index (κ3) is 1.53. The maximum absolute atomic E-state index is 11.7. The minimum atomic E-state index is -0.0570. The van der Waals surface area contributed by atoms with Crippen LogP contribution in [0.15, 0.2) is 6.07 Å². The van der Waals surface area contributed by atoms with E-state index in [4.69, 9.17) is 0 Å². The Hall–Kier alpha value is -1.31. The highest BCUT2D eigenvalue weighted by Gasteiger charge is 2.34. The molecule has 0 bridgehead atoms. The highest BCUT2D eigenvalue weighted by Crippen LogP contribution is 2.41. The molecule has 1 amide bonds. The number of aryl methyl sites for hydroxylation is 2. The molecule has 1 heterocycles. The first kappa shape index (κ1) is 11.2. The van der Waals surface area contributed by atoms with Gasteiger partial charge in [0.15, 0.2) is 0 Å². The lowest BCUT2D eigenvalue weighted by Gasteiger charge is -2.35. The molecule has 1 aromatic rings. The Balaban J connectivity index is 2.77. The van der Waals surface area contributed by atoms with Gasteiger partial charge in [0.2, 0.25) is 5.91 Å². The lowest BCUT2D eigenvalue weighted by atomic mass is 9.74. The number of benzene rings is 1. The monoisotopic (exact) mass is 217 g/mol. The maximum atomic E-state index is 11.7. The summed E-state index contributed by atoms with van der Waals surface area (Å²) >= 11 is 0. The van der Waals surface area contributed by atoms with Crippen LogP contribution in [0.2, 0.25) is 0 Å². The maximum Gasteiger partial charge on any atom is 0.225 e. The van der Waals surface area contributed by atoms with Crippen LogP contribution in [0.1, 0.15) is 42.5 Å². The van der Waals surface area contributed by atoms with Gasteiger partial charge in [-0.05, 0) is 43.0 Å². The van der Waals surface area contributed by atoms with Crippen LogP contribution in [-0.2, 0) is 10.2 Å². The van der Waals surface area contributed by atoms with Gasteiger partial charge in [0.25, 0.3) is 0 Å². The standard InChI is InChI=1S/C14H19NO/c1-8-6-9(2)13-12(10(8)3)14(4,5)7-11(16)15-13/h6H,7H2,1-5H3,(H,15,16). The van der Waals surface area contributed by atoms with Crippen molar-refractivity contribution < 1.29 is 4.79 Å². The molecular formula is C14H19NO. The fraction of sp³-hybridized carbons (Fsp3) is 0.500. The number of carbonyl (C=O) groups is 1. The van der Waals surface area contributed by atoms with Crippen molar-refractivity contribution in [1.29, 1.82) is 0 Å². The van der Waals surface area contributed by atoms with E-state index in [1.54, 1.807) is 0 Å². The minimum Gasteiger partial charge on any atom is -0.326 e. The Bertz CT molecular complexity index is 472. The molecule has 0 aromatic heterocycles. The van der Waals surface area contributed by atoms with Crippen LogP contribution in [0.25, 0.3) is 0 Å². The molecule has 0 saturated heterocycles. The second kappa shape index (κ2) is 3.34. The Kier molecular flexibility index (Phi) is 2.33. The molecule has 2 nitrogen and oxygen atoms in total. The quantitative estimate of drug-likeness (QED) is 0.710. The number of fused-ring (bicyclic) bond motifs is 1. The van der Waals surface area contributed by atoms with E-state index in [9.17, 15) is 4.79 Å². The summed E-state index contributed by atoms with van der Waals surface area (Å²) in [4.78, 5) is 11.7. The fourth-order valence-electron chi connectivity index (χ4n) is 2.77. The molecule has 0 saturated carbocycles. The Morgan fingerprint density at radius 2 is 1.81 bits per heavy atom. The largest absolute Gasteiger partial charge is 0.326 e. The molecule has 86 valence electrons. The molecule has 0 atom stereocenters. The van der Waals surface area contributed by atoms with Gasteiger partial charge < -0.3 is 5.32 Å². The molecule has 2 rings (SSSR count). The van der Waals surface area contributed by atoms with E-state index in [2.05, 4.69) is 46.0 Å². The van der Waals surface area contributed by atoms with Gasteiger partial charge in [-0.1, -0.05) is 19.9 Å². The number of hydrogen-bond acceptors (Lipinski definition) is 1. The van der Waals surface area contributed by atoms with Crippen LogP contribution in [0.5, 0.6) is 0 Å². The van der Waals surface area contributed by atoms with Crippen molar-refractivity contribution in [1.82, 2.24) is 0 Å². The molecule has 2 heteroatoms. The van der Waals surface area contributed by atoms with Crippen molar-refractivity contribution in [3.63, 3.8) is 0 Å². The summed E-state index contributed by atoms with van der Waals surface area (Å²) in [7, 11) is 0. The number of amides is 1. The lowest BCUT2D eigenvalue weighted by molar-refractivity contribution is -0.117. The van der Waals surface area contributed by atoms with E-state index in [1.807, 2.05) is 0 Å². The van der Waals surface area contributed by atoms with E-state index < -0.39 is 0 Å². The highest BCUT2D eigenvalue weighted by molar-refractivity contribution is 5.96. The topological polar surface area (TPSA) is 29.1 Å². The molecule has 0 fully saturated rings. The second-order valence-electron chi connectivity index (χ2n) is 5.49. The molecule has 16 heavy (non-hydrogen) atoms. The van der Waals surface area contributed by atoms with Crippen LogP contribution in [-0.4, -0.2) is 5.91 Å². The summed E-state index contributed by atoms with van der Waals surface area (Å²) in [6.45, 7) is 10.6. The van der Waals surface area contributed by atoms with Crippen molar-refractivity contribution in [3.05, 3.63) is 28.3 Å². The number of hydrogen-bond donors (Lipinski definition) is 1. The SMILES string of the molecule is Cc1cc(C)c2c(c1C)C(C)(C)CC(=O)N2. The summed E-state index contributed by atoms with van der Waals surface area (Å²) in [5.41, 5.74) is 6.07. The van der Waals surface area contributed by atoms with Crippen LogP contribution >= 0.6 is 0 Å². The normalized spacial score (nSPS) is 17.9. The van der Waals surface area contributed by atoms with Crippen molar-refractivity contribution in [2.75, 3.05) is 5.32 Å². The van der Waals surface area contributed by atoms with Gasteiger partial charge in [-0.2, -0.15) is 0 Å².